The highest BCUT2D eigenvalue weighted by Gasteiger charge is 2.23. The van der Waals surface area contributed by atoms with Crippen molar-refractivity contribution >= 4 is 5.82 Å². The Kier molecular flexibility index (Phi) is 4.92. The van der Waals surface area contributed by atoms with Crippen molar-refractivity contribution in [1.29, 1.82) is 0 Å². The van der Waals surface area contributed by atoms with Gasteiger partial charge in [0, 0.05) is 30.9 Å². The number of aryl methyl sites for hydroxylation is 1. The van der Waals surface area contributed by atoms with Crippen LogP contribution in [-0.4, -0.2) is 23.6 Å². The number of hydrogen-bond acceptors (Lipinski definition) is 3. The molecule has 1 aliphatic rings. The van der Waals surface area contributed by atoms with E-state index in [1.54, 1.807) is 0 Å². The number of nitrogens with zero attached hydrogens (tertiary/aromatic N) is 2. The highest BCUT2D eigenvalue weighted by atomic mass is 15.2. The highest BCUT2D eigenvalue weighted by molar-refractivity contribution is 5.43. The lowest BCUT2D eigenvalue weighted by molar-refractivity contribution is 0.322. The lowest BCUT2D eigenvalue weighted by atomic mass is 9.88. The Hall–Kier alpha value is -1.09. The molecule has 0 radical (unpaired) electrons. The molecule has 0 spiro atoms. The van der Waals surface area contributed by atoms with Crippen LogP contribution >= 0.6 is 0 Å². The van der Waals surface area contributed by atoms with Crippen LogP contribution in [0.25, 0.3) is 0 Å². The van der Waals surface area contributed by atoms with Gasteiger partial charge in [0.15, 0.2) is 0 Å². The van der Waals surface area contributed by atoms with Crippen LogP contribution in [0.4, 0.5) is 5.82 Å². The van der Waals surface area contributed by atoms with Crippen LogP contribution in [-0.2, 0) is 6.54 Å². The van der Waals surface area contributed by atoms with E-state index in [1.807, 2.05) is 0 Å². The molecule has 2 rings (SSSR count). The number of nitrogens with one attached hydrogen (secondary N) is 1. The van der Waals surface area contributed by atoms with Gasteiger partial charge in [-0.1, -0.05) is 13.8 Å². The van der Waals surface area contributed by atoms with E-state index >= 15 is 0 Å². The first-order chi connectivity index (χ1) is 9.74. The van der Waals surface area contributed by atoms with Crippen LogP contribution in [0.3, 0.4) is 0 Å². The minimum atomic E-state index is 0.145. The summed E-state index contributed by atoms with van der Waals surface area (Å²) in [4.78, 5) is 7.22. The average Bonchev–Trinajstić information content (AvgIpc) is 2.38. The predicted molar refractivity (Wildman–Crippen MR) is 90.7 cm³/mol. The van der Waals surface area contributed by atoms with E-state index in [-0.39, 0.29) is 5.54 Å². The third-order valence-corrected chi connectivity index (χ3v) is 4.48. The zero-order valence-corrected chi connectivity index (χ0v) is 14.5. The van der Waals surface area contributed by atoms with E-state index in [0.717, 1.165) is 43.0 Å². The molecule has 3 heteroatoms. The summed E-state index contributed by atoms with van der Waals surface area (Å²) in [5.74, 6) is 2.73. The minimum Gasteiger partial charge on any atom is -0.356 e. The Morgan fingerprint density at radius 1 is 1.24 bits per heavy atom. The molecule has 3 nitrogen and oxygen atoms in total. The second-order valence-corrected chi connectivity index (χ2v) is 7.77. The van der Waals surface area contributed by atoms with Crippen molar-refractivity contribution in [1.82, 2.24) is 10.3 Å². The molecule has 118 valence electrons. The van der Waals surface area contributed by atoms with Crippen LogP contribution in [0.5, 0.6) is 0 Å². The molecule has 0 saturated carbocycles. The molecule has 0 aliphatic carbocycles. The fraction of sp³-hybridized carbons (Fsp3) is 0.722. The molecule has 1 aromatic rings. The van der Waals surface area contributed by atoms with Gasteiger partial charge in [-0.3, -0.25) is 0 Å². The van der Waals surface area contributed by atoms with Gasteiger partial charge in [-0.15, -0.1) is 0 Å². The van der Waals surface area contributed by atoms with Gasteiger partial charge in [-0.05, 0) is 63.6 Å². The molecule has 1 saturated heterocycles. The van der Waals surface area contributed by atoms with Crippen LogP contribution in [0.2, 0.25) is 0 Å². The number of rotatable bonds is 3. The van der Waals surface area contributed by atoms with Gasteiger partial charge in [0.1, 0.15) is 5.82 Å². The molecular weight excluding hydrogens is 258 g/mol. The molecule has 0 aromatic carbocycles. The van der Waals surface area contributed by atoms with Crippen molar-refractivity contribution in [3.63, 3.8) is 0 Å². The number of anilines is 1. The summed E-state index contributed by atoms with van der Waals surface area (Å²) in [5.41, 5.74) is 2.59. The van der Waals surface area contributed by atoms with Gasteiger partial charge >= 0.3 is 0 Å². The Bertz CT molecular complexity index is 476. The molecule has 1 fully saturated rings. The van der Waals surface area contributed by atoms with Crippen molar-refractivity contribution in [3.8, 4) is 0 Å². The van der Waals surface area contributed by atoms with Gasteiger partial charge in [0.05, 0.1) is 0 Å². The highest BCUT2D eigenvalue weighted by Crippen LogP contribution is 2.26. The first-order valence-electron chi connectivity index (χ1n) is 8.22. The van der Waals surface area contributed by atoms with Crippen molar-refractivity contribution in [2.24, 2.45) is 11.8 Å². The normalized spacial score (nSPS) is 23.4. The first-order valence-corrected chi connectivity index (χ1v) is 8.22. The maximum Gasteiger partial charge on any atom is 0.129 e. The summed E-state index contributed by atoms with van der Waals surface area (Å²) >= 11 is 0. The van der Waals surface area contributed by atoms with Gasteiger partial charge < -0.3 is 10.2 Å². The fourth-order valence-electron chi connectivity index (χ4n) is 2.82. The Balaban J connectivity index is 2.11. The van der Waals surface area contributed by atoms with Crippen molar-refractivity contribution < 1.29 is 0 Å². The van der Waals surface area contributed by atoms with E-state index in [9.17, 15) is 0 Å². The Morgan fingerprint density at radius 2 is 1.95 bits per heavy atom. The number of hydrogen-bond donors (Lipinski definition) is 1. The smallest absolute Gasteiger partial charge is 0.129 e. The van der Waals surface area contributed by atoms with E-state index in [4.69, 9.17) is 4.98 Å². The fourth-order valence-corrected chi connectivity index (χ4v) is 2.82. The molecule has 2 unspecified atom stereocenters. The van der Waals surface area contributed by atoms with Gasteiger partial charge in [0.2, 0.25) is 0 Å². The standard InChI is InChI=1S/C18H31N3/c1-13-7-8-21(12-14(13)2)17-10-16(9-15(3)20-17)11-19-18(4,5)6/h9-10,13-14,19H,7-8,11-12H2,1-6H3. The van der Waals surface area contributed by atoms with Crippen molar-refractivity contribution in [2.45, 2.75) is 60.0 Å². The second-order valence-electron chi connectivity index (χ2n) is 7.77. The zero-order valence-electron chi connectivity index (χ0n) is 14.5. The van der Waals surface area contributed by atoms with Crippen LogP contribution in [0, 0.1) is 18.8 Å². The molecular formula is C18H31N3. The van der Waals surface area contributed by atoms with E-state index < -0.39 is 0 Å². The van der Waals surface area contributed by atoms with Gasteiger partial charge in [-0.25, -0.2) is 4.98 Å². The summed E-state index contributed by atoms with van der Waals surface area (Å²) < 4.78 is 0. The monoisotopic (exact) mass is 289 g/mol. The van der Waals surface area contributed by atoms with Crippen molar-refractivity contribution in [3.05, 3.63) is 23.4 Å². The zero-order chi connectivity index (χ0) is 15.6. The third kappa shape index (κ3) is 4.70. The van der Waals surface area contributed by atoms with Crippen LogP contribution < -0.4 is 10.2 Å². The lowest BCUT2D eigenvalue weighted by Crippen LogP contribution is -2.39. The number of piperidine rings is 1. The topological polar surface area (TPSA) is 28.2 Å². The molecule has 2 atom stereocenters. The average molecular weight is 289 g/mol. The summed E-state index contributed by atoms with van der Waals surface area (Å²) in [6.07, 6.45) is 1.27. The van der Waals surface area contributed by atoms with Crippen LogP contribution in [0.1, 0.15) is 52.3 Å². The summed E-state index contributed by atoms with van der Waals surface area (Å²) in [7, 11) is 0. The quantitative estimate of drug-likeness (QED) is 0.918. The predicted octanol–water partition coefficient (Wildman–Crippen LogP) is 3.76. The molecule has 0 bridgehead atoms. The van der Waals surface area contributed by atoms with Gasteiger partial charge in [-0.2, -0.15) is 0 Å². The van der Waals surface area contributed by atoms with Crippen molar-refractivity contribution in [2.75, 3.05) is 18.0 Å². The maximum atomic E-state index is 4.76. The summed E-state index contributed by atoms with van der Waals surface area (Å²) in [6, 6.07) is 4.45. The number of aromatic nitrogens is 1. The SMILES string of the molecule is Cc1cc(CNC(C)(C)C)cc(N2CCC(C)C(C)C2)n1. The molecule has 1 aliphatic heterocycles. The molecule has 1 N–H and O–H groups in total. The largest absolute Gasteiger partial charge is 0.356 e. The van der Waals surface area contributed by atoms with E-state index in [1.165, 1.54) is 12.0 Å². The van der Waals surface area contributed by atoms with E-state index in [0.29, 0.717) is 0 Å². The second kappa shape index (κ2) is 6.35. The Morgan fingerprint density at radius 3 is 2.57 bits per heavy atom. The third-order valence-electron chi connectivity index (χ3n) is 4.48. The molecule has 2 heterocycles. The maximum absolute atomic E-state index is 4.76. The first kappa shape index (κ1) is 16.3. The summed E-state index contributed by atoms with van der Waals surface area (Å²) in [6.45, 7) is 16.6. The summed E-state index contributed by atoms with van der Waals surface area (Å²) in [5, 5.41) is 3.57. The van der Waals surface area contributed by atoms with Gasteiger partial charge in [0.25, 0.3) is 0 Å². The lowest BCUT2D eigenvalue weighted by Gasteiger charge is -2.36. The molecule has 1 aromatic heterocycles. The Labute approximate surface area is 130 Å². The molecule has 0 amide bonds. The minimum absolute atomic E-state index is 0.145. The van der Waals surface area contributed by atoms with Crippen LogP contribution in [0.15, 0.2) is 12.1 Å². The molecule has 21 heavy (non-hydrogen) atoms. The van der Waals surface area contributed by atoms with E-state index in [2.05, 4.69) is 63.9 Å². The number of pyridine rings is 1.